The number of pyridine rings is 1. The van der Waals surface area contributed by atoms with Gasteiger partial charge in [0.05, 0.1) is 11.8 Å². The summed E-state index contributed by atoms with van der Waals surface area (Å²) < 4.78 is 7.74. The van der Waals surface area contributed by atoms with Crippen molar-refractivity contribution in [1.29, 1.82) is 0 Å². The first-order chi connectivity index (χ1) is 9.06. The van der Waals surface area contributed by atoms with Crippen molar-refractivity contribution in [3.05, 3.63) is 37.6 Å². The molecule has 1 atom stereocenters. The Balaban J connectivity index is 1.88. The Morgan fingerprint density at radius 1 is 1.47 bits per heavy atom. The van der Waals surface area contributed by atoms with Gasteiger partial charge in [-0.2, -0.15) is 5.10 Å². The quantitative estimate of drug-likeness (QED) is 0.564. The average Bonchev–Trinajstić information content (AvgIpc) is 2.68. The van der Waals surface area contributed by atoms with E-state index in [0.717, 1.165) is 8.96 Å². The van der Waals surface area contributed by atoms with Crippen LogP contribution in [0, 0.1) is 0 Å². The summed E-state index contributed by atoms with van der Waals surface area (Å²) in [5.41, 5.74) is 2.85. The van der Waals surface area contributed by atoms with E-state index in [9.17, 15) is 4.79 Å². The number of halogens is 3. The summed E-state index contributed by atoms with van der Waals surface area (Å²) in [4.78, 5) is 15.7. The Bertz CT molecular complexity index is 546. The van der Waals surface area contributed by atoms with Crippen molar-refractivity contribution < 1.29 is 9.53 Å². The zero-order valence-corrected chi connectivity index (χ0v) is 14.2. The number of carbonyl (C=O) groups is 1. The van der Waals surface area contributed by atoms with Crippen LogP contribution in [0.4, 0.5) is 0 Å². The van der Waals surface area contributed by atoms with Crippen molar-refractivity contribution in [2.75, 3.05) is 0 Å². The Morgan fingerprint density at radius 3 is 2.89 bits per heavy atom. The molecular weight excluding hydrogens is 446 g/mol. The van der Waals surface area contributed by atoms with Crippen LogP contribution in [0.25, 0.3) is 0 Å². The molecule has 1 aromatic heterocycles. The van der Waals surface area contributed by atoms with E-state index in [0.29, 0.717) is 16.7 Å². The molecule has 2 heterocycles. The molecule has 0 radical (unpaired) electrons. The molecule has 0 aromatic carbocycles. The van der Waals surface area contributed by atoms with Crippen LogP contribution in [0.1, 0.15) is 16.8 Å². The monoisotopic (exact) mass is 451 g/mol. The molecule has 0 aliphatic carbocycles. The predicted molar refractivity (Wildman–Crippen MR) is 82.3 cm³/mol. The summed E-state index contributed by atoms with van der Waals surface area (Å²) in [6.45, 7) is 0. The molecule has 5 nitrogen and oxygen atoms in total. The largest absolute Gasteiger partial charge is 0.477 e. The molecule has 2 rings (SSSR count). The van der Waals surface area contributed by atoms with Gasteiger partial charge in [0.2, 0.25) is 0 Å². The minimum absolute atomic E-state index is 0.190. The van der Waals surface area contributed by atoms with Crippen molar-refractivity contribution in [2.24, 2.45) is 5.10 Å². The zero-order chi connectivity index (χ0) is 13.8. The van der Waals surface area contributed by atoms with E-state index in [1.165, 1.54) is 6.20 Å². The summed E-state index contributed by atoms with van der Waals surface area (Å²) in [6.07, 6.45) is 5.10. The molecule has 8 heteroatoms. The van der Waals surface area contributed by atoms with Crippen molar-refractivity contribution in [1.82, 2.24) is 10.4 Å². The molecule has 100 valence electrons. The highest BCUT2D eigenvalue weighted by atomic mass is 79.9. The van der Waals surface area contributed by atoms with Crippen LogP contribution in [-0.2, 0) is 4.74 Å². The first kappa shape index (κ1) is 14.7. The minimum Gasteiger partial charge on any atom is -0.477 e. The number of hydrazone groups is 1. The second kappa shape index (κ2) is 6.62. The molecule has 0 spiro atoms. The maximum atomic E-state index is 11.7. The number of carbonyl (C=O) groups excluding carboxylic acids is 1. The van der Waals surface area contributed by atoms with Gasteiger partial charge in [-0.3, -0.25) is 9.78 Å². The van der Waals surface area contributed by atoms with Crippen molar-refractivity contribution in [3.8, 4) is 0 Å². The summed E-state index contributed by atoms with van der Waals surface area (Å²) in [5, 5.41) is 3.87. The fourth-order valence-corrected chi connectivity index (χ4v) is 2.54. The van der Waals surface area contributed by atoms with Gasteiger partial charge >= 0.3 is 0 Å². The maximum absolute atomic E-state index is 11.7. The molecule has 19 heavy (non-hydrogen) atoms. The van der Waals surface area contributed by atoms with Crippen molar-refractivity contribution in [3.63, 3.8) is 0 Å². The lowest BCUT2D eigenvalue weighted by Gasteiger charge is -2.04. The lowest BCUT2D eigenvalue weighted by atomic mass is 10.3. The van der Waals surface area contributed by atoms with Gasteiger partial charge in [-0.1, -0.05) is 15.9 Å². The van der Waals surface area contributed by atoms with E-state index in [2.05, 4.69) is 63.3 Å². The van der Waals surface area contributed by atoms with E-state index in [1.807, 2.05) is 0 Å². The number of hydrogen-bond donors (Lipinski definition) is 1. The topological polar surface area (TPSA) is 63.6 Å². The third kappa shape index (κ3) is 4.12. The molecule has 1 aromatic rings. The first-order valence-corrected chi connectivity index (χ1v) is 7.59. The average molecular weight is 454 g/mol. The molecule has 1 N–H and O–H groups in total. The standard InChI is InChI=1S/C11H8Br3N3O2/c12-7-1-6(3-15-4-7)11(18)17-16-5-8-2-9(13)10(14)19-8/h1,3-5,8H,2H2,(H,17,18)/b16-5-. The summed E-state index contributed by atoms with van der Waals surface area (Å²) >= 11 is 9.86. The summed E-state index contributed by atoms with van der Waals surface area (Å²) in [5.74, 6) is -0.325. The third-order valence-electron chi connectivity index (χ3n) is 2.22. The molecule has 0 bridgehead atoms. The number of ether oxygens (including phenoxy) is 1. The van der Waals surface area contributed by atoms with Crippen LogP contribution < -0.4 is 5.43 Å². The van der Waals surface area contributed by atoms with Crippen LogP contribution in [0.5, 0.6) is 0 Å². The van der Waals surface area contributed by atoms with E-state index >= 15 is 0 Å². The van der Waals surface area contributed by atoms with Crippen molar-refractivity contribution in [2.45, 2.75) is 12.5 Å². The zero-order valence-electron chi connectivity index (χ0n) is 9.44. The van der Waals surface area contributed by atoms with Crippen LogP contribution in [0.3, 0.4) is 0 Å². The lowest BCUT2D eigenvalue weighted by Crippen LogP contribution is -2.19. The highest BCUT2D eigenvalue weighted by Crippen LogP contribution is 2.32. The number of nitrogens with zero attached hydrogens (tertiary/aromatic N) is 2. The number of amides is 1. The van der Waals surface area contributed by atoms with Crippen molar-refractivity contribution >= 4 is 59.9 Å². The maximum Gasteiger partial charge on any atom is 0.272 e. The number of nitrogens with one attached hydrogen (secondary N) is 1. The van der Waals surface area contributed by atoms with Crippen LogP contribution in [0.2, 0.25) is 0 Å². The smallest absolute Gasteiger partial charge is 0.272 e. The fourth-order valence-electron chi connectivity index (χ4n) is 1.36. The number of rotatable bonds is 3. The molecule has 0 saturated heterocycles. The van der Waals surface area contributed by atoms with Gasteiger partial charge in [0.25, 0.3) is 5.91 Å². The minimum atomic E-state index is -0.325. The molecule has 0 saturated carbocycles. The summed E-state index contributed by atoms with van der Waals surface area (Å²) in [7, 11) is 0. The van der Waals surface area contributed by atoms with E-state index in [-0.39, 0.29) is 12.0 Å². The van der Waals surface area contributed by atoms with Gasteiger partial charge in [0.15, 0.2) is 4.67 Å². The lowest BCUT2D eigenvalue weighted by molar-refractivity contribution is 0.0954. The first-order valence-electron chi connectivity index (χ1n) is 5.21. The van der Waals surface area contributed by atoms with Gasteiger partial charge < -0.3 is 4.74 Å². The van der Waals surface area contributed by atoms with Crippen LogP contribution in [-0.4, -0.2) is 23.2 Å². The highest BCUT2D eigenvalue weighted by molar-refractivity contribution is 9.14. The highest BCUT2D eigenvalue weighted by Gasteiger charge is 2.20. The number of aromatic nitrogens is 1. The van der Waals surface area contributed by atoms with E-state index in [1.54, 1.807) is 18.5 Å². The van der Waals surface area contributed by atoms with Gasteiger partial charge in [-0.25, -0.2) is 5.43 Å². The van der Waals surface area contributed by atoms with Gasteiger partial charge in [-0.05, 0) is 37.9 Å². The molecule has 1 aliphatic heterocycles. The van der Waals surface area contributed by atoms with Gasteiger partial charge in [-0.15, -0.1) is 0 Å². The third-order valence-corrected chi connectivity index (χ3v) is 4.54. The second-order valence-electron chi connectivity index (χ2n) is 3.65. The van der Waals surface area contributed by atoms with E-state index in [4.69, 9.17) is 4.74 Å². The SMILES string of the molecule is O=C(N/N=C\C1CC(Br)=C(Br)O1)c1cncc(Br)c1. The predicted octanol–water partition coefficient (Wildman–Crippen LogP) is 3.31. The Labute approximate surface area is 134 Å². The Morgan fingerprint density at radius 2 is 2.26 bits per heavy atom. The Hall–Kier alpha value is -0.730. The molecule has 1 aliphatic rings. The van der Waals surface area contributed by atoms with Gasteiger partial charge in [0, 0.05) is 27.8 Å². The molecule has 1 unspecified atom stereocenters. The van der Waals surface area contributed by atoms with Crippen LogP contribution >= 0.6 is 47.8 Å². The molecular formula is C11H8Br3N3O2. The van der Waals surface area contributed by atoms with E-state index < -0.39 is 0 Å². The molecule has 0 fully saturated rings. The van der Waals surface area contributed by atoms with Crippen LogP contribution in [0.15, 0.2) is 37.2 Å². The normalized spacial score (nSPS) is 18.8. The summed E-state index contributed by atoms with van der Waals surface area (Å²) in [6, 6.07) is 1.67. The second-order valence-corrected chi connectivity index (χ2v) is 6.24. The number of hydrogen-bond acceptors (Lipinski definition) is 4. The Kier molecular flexibility index (Phi) is 5.12. The fraction of sp³-hybridized carbons (Fsp3) is 0.182. The van der Waals surface area contributed by atoms with Gasteiger partial charge in [0.1, 0.15) is 6.10 Å². The molecule has 1 amide bonds.